The molecule has 9 heteroatoms. The molecule has 6 heterocycles. The van der Waals surface area contributed by atoms with Crippen molar-refractivity contribution in [1.82, 2.24) is 29.3 Å². The van der Waals surface area contributed by atoms with Gasteiger partial charge in [0.1, 0.15) is 11.5 Å². The van der Waals surface area contributed by atoms with Crippen LogP contribution in [0.3, 0.4) is 0 Å². The quantitative estimate of drug-likeness (QED) is 0.465. The summed E-state index contributed by atoms with van der Waals surface area (Å²) in [5, 5.41) is 4.20. The molecule has 0 N–H and O–H groups in total. The molecule has 1 fully saturated rings. The molecule has 6 rings (SSSR count). The molecule has 1 saturated heterocycles. The van der Waals surface area contributed by atoms with E-state index in [1.54, 1.807) is 33.9 Å². The van der Waals surface area contributed by atoms with Gasteiger partial charge in [-0.25, -0.2) is 9.97 Å². The molecule has 1 atom stereocenters. The number of aromatic nitrogens is 6. The lowest BCUT2D eigenvalue weighted by Gasteiger charge is -2.33. The molecule has 0 amide bonds. The minimum atomic E-state index is -0.0360. The Balaban J connectivity index is 1.28. The average molecular weight is 456 g/mol. The van der Waals surface area contributed by atoms with Gasteiger partial charge in [0.15, 0.2) is 0 Å². The third-order valence-electron chi connectivity index (χ3n) is 6.62. The Morgan fingerprint density at radius 2 is 1.97 bits per heavy atom. The summed E-state index contributed by atoms with van der Waals surface area (Å²) < 4.78 is 9.64. The highest BCUT2D eigenvalue weighted by Crippen LogP contribution is 2.31. The van der Waals surface area contributed by atoms with Gasteiger partial charge in [0.05, 0.1) is 28.8 Å². The van der Waals surface area contributed by atoms with Crippen molar-refractivity contribution in [2.45, 2.75) is 38.8 Å². The Morgan fingerprint density at radius 1 is 1.06 bits per heavy atom. The number of aryl methyl sites for hydroxylation is 2. The Kier molecular flexibility index (Phi) is 4.90. The van der Waals surface area contributed by atoms with E-state index < -0.39 is 0 Å². The van der Waals surface area contributed by atoms with Gasteiger partial charge in [-0.15, -0.1) is 0 Å². The number of anilines is 1. The Bertz CT molecular complexity index is 1440. The van der Waals surface area contributed by atoms with E-state index in [1.807, 2.05) is 38.4 Å². The molecule has 0 aromatic carbocycles. The van der Waals surface area contributed by atoms with E-state index in [4.69, 9.17) is 4.74 Å². The van der Waals surface area contributed by atoms with Gasteiger partial charge in [0, 0.05) is 56.4 Å². The topological polar surface area (TPSA) is 91.0 Å². The molecule has 172 valence electrons. The van der Waals surface area contributed by atoms with E-state index in [9.17, 15) is 4.79 Å². The summed E-state index contributed by atoms with van der Waals surface area (Å²) in [4.78, 5) is 29.3. The first-order valence-corrected chi connectivity index (χ1v) is 11.5. The molecule has 2 aliphatic heterocycles. The van der Waals surface area contributed by atoms with Crippen molar-refractivity contribution in [3.05, 3.63) is 65.1 Å². The molecular formula is C25H25N7O2. The second-order valence-corrected chi connectivity index (χ2v) is 8.87. The van der Waals surface area contributed by atoms with Crippen molar-refractivity contribution >= 4 is 5.95 Å². The van der Waals surface area contributed by atoms with Crippen molar-refractivity contribution in [2.75, 3.05) is 11.4 Å². The fourth-order valence-electron chi connectivity index (χ4n) is 4.89. The second-order valence-electron chi connectivity index (χ2n) is 8.87. The first kappa shape index (κ1) is 20.6. The van der Waals surface area contributed by atoms with Crippen LogP contribution in [-0.2, 0) is 13.6 Å². The first-order chi connectivity index (χ1) is 16.6. The van der Waals surface area contributed by atoms with Crippen molar-refractivity contribution in [1.29, 1.82) is 0 Å². The Morgan fingerprint density at radius 3 is 2.79 bits per heavy atom. The van der Waals surface area contributed by atoms with Crippen molar-refractivity contribution in [3.63, 3.8) is 0 Å². The van der Waals surface area contributed by atoms with Crippen molar-refractivity contribution in [3.8, 4) is 34.0 Å². The normalized spacial score (nSPS) is 16.9. The largest absolute Gasteiger partial charge is 0.455 e. The number of hydrogen-bond acceptors (Lipinski definition) is 7. The Hall–Kier alpha value is -4.01. The lowest BCUT2D eigenvalue weighted by Crippen LogP contribution is -2.42. The SMILES string of the molecule is Cc1nc(-c2cnc3n(c2=O)CCC2CCCN32)ccc1Oc1ccnc(-c2cnn(C)c2)c1. The third kappa shape index (κ3) is 3.53. The van der Waals surface area contributed by atoms with Crippen LogP contribution >= 0.6 is 0 Å². The number of nitrogens with zero attached hydrogens (tertiary/aromatic N) is 7. The van der Waals surface area contributed by atoms with Crippen molar-refractivity contribution < 1.29 is 4.74 Å². The average Bonchev–Trinajstić information content (AvgIpc) is 3.50. The highest BCUT2D eigenvalue weighted by Gasteiger charge is 2.32. The van der Waals surface area contributed by atoms with Crippen LogP contribution in [0.1, 0.15) is 25.0 Å². The van der Waals surface area contributed by atoms with Gasteiger partial charge in [-0.3, -0.25) is 19.0 Å². The smallest absolute Gasteiger partial charge is 0.264 e. The molecule has 1 unspecified atom stereocenters. The van der Waals surface area contributed by atoms with E-state index in [0.29, 0.717) is 41.0 Å². The molecule has 4 aromatic rings. The first-order valence-electron chi connectivity index (χ1n) is 11.5. The summed E-state index contributed by atoms with van der Waals surface area (Å²) >= 11 is 0. The van der Waals surface area contributed by atoms with E-state index in [2.05, 4.69) is 25.0 Å². The fourth-order valence-corrected chi connectivity index (χ4v) is 4.89. The third-order valence-corrected chi connectivity index (χ3v) is 6.62. The Labute approximate surface area is 196 Å². The van der Waals surface area contributed by atoms with Gasteiger partial charge in [-0.2, -0.15) is 5.10 Å². The summed E-state index contributed by atoms with van der Waals surface area (Å²) in [6, 6.07) is 7.86. The maximum Gasteiger partial charge on any atom is 0.264 e. The summed E-state index contributed by atoms with van der Waals surface area (Å²) in [5.74, 6) is 2.07. The zero-order valence-corrected chi connectivity index (χ0v) is 19.2. The number of rotatable bonds is 4. The fraction of sp³-hybridized carbons (Fsp3) is 0.320. The molecule has 34 heavy (non-hydrogen) atoms. The molecular weight excluding hydrogens is 430 g/mol. The van der Waals surface area contributed by atoms with Crippen LogP contribution in [0.5, 0.6) is 11.5 Å². The van der Waals surface area contributed by atoms with Crippen LogP contribution in [0.25, 0.3) is 22.5 Å². The maximum absolute atomic E-state index is 13.3. The summed E-state index contributed by atoms with van der Waals surface area (Å²) in [5.41, 5.74) is 3.47. The van der Waals surface area contributed by atoms with Crippen LogP contribution in [-0.4, -0.2) is 41.9 Å². The maximum atomic E-state index is 13.3. The minimum Gasteiger partial charge on any atom is -0.455 e. The molecule has 2 aliphatic rings. The summed E-state index contributed by atoms with van der Waals surface area (Å²) in [6.07, 6.45) is 10.4. The highest BCUT2D eigenvalue weighted by molar-refractivity contribution is 5.61. The number of pyridine rings is 2. The summed E-state index contributed by atoms with van der Waals surface area (Å²) in [7, 11) is 1.87. The number of hydrogen-bond donors (Lipinski definition) is 0. The molecule has 4 aromatic heterocycles. The van der Waals surface area contributed by atoms with Crippen LogP contribution in [0.2, 0.25) is 0 Å². The number of fused-ring (bicyclic) bond motifs is 3. The molecule has 0 radical (unpaired) electrons. The van der Waals surface area contributed by atoms with Crippen LogP contribution in [0.4, 0.5) is 5.95 Å². The van der Waals surface area contributed by atoms with Gasteiger partial charge in [-0.1, -0.05) is 0 Å². The van der Waals surface area contributed by atoms with Gasteiger partial charge in [-0.05, 0) is 44.4 Å². The highest BCUT2D eigenvalue weighted by atomic mass is 16.5. The minimum absolute atomic E-state index is 0.0360. The molecule has 0 saturated carbocycles. The van der Waals surface area contributed by atoms with Crippen molar-refractivity contribution in [2.24, 2.45) is 7.05 Å². The van der Waals surface area contributed by atoms with Crippen LogP contribution in [0, 0.1) is 6.92 Å². The standard InChI is InChI=1S/C25H25N7O2/c1-16-23(34-19-7-9-26-22(12-19)17-13-28-30(2)15-17)6-5-21(29-16)20-14-27-25-31-10-3-4-18(31)8-11-32(25)24(20)33/h5-7,9,12-15,18H,3-4,8,10-11H2,1-2H3. The van der Waals surface area contributed by atoms with Crippen LogP contribution in [0.15, 0.2) is 53.8 Å². The zero-order chi connectivity index (χ0) is 23.2. The summed E-state index contributed by atoms with van der Waals surface area (Å²) in [6.45, 7) is 3.55. The van der Waals surface area contributed by atoms with Crippen LogP contribution < -0.4 is 15.2 Å². The second kappa shape index (κ2) is 8.09. The van der Waals surface area contributed by atoms with Gasteiger partial charge in [0.2, 0.25) is 5.95 Å². The molecule has 0 bridgehead atoms. The number of ether oxygens (including phenoxy) is 1. The lowest BCUT2D eigenvalue weighted by molar-refractivity contribution is 0.472. The predicted octanol–water partition coefficient (Wildman–Crippen LogP) is 3.57. The van der Waals surface area contributed by atoms with E-state index in [1.165, 1.54) is 6.42 Å². The lowest BCUT2D eigenvalue weighted by atomic mass is 10.1. The zero-order valence-electron chi connectivity index (χ0n) is 19.2. The predicted molar refractivity (Wildman–Crippen MR) is 128 cm³/mol. The van der Waals surface area contributed by atoms with Gasteiger partial charge in [0.25, 0.3) is 5.56 Å². The monoisotopic (exact) mass is 455 g/mol. The molecule has 9 nitrogen and oxygen atoms in total. The van der Waals surface area contributed by atoms with Gasteiger partial charge < -0.3 is 9.64 Å². The van der Waals surface area contributed by atoms with E-state index in [0.717, 1.165) is 36.6 Å². The molecule has 0 aliphatic carbocycles. The van der Waals surface area contributed by atoms with E-state index >= 15 is 0 Å². The van der Waals surface area contributed by atoms with E-state index in [-0.39, 0.29) is 5.56 Å². The van der Waals surface area contributed by atoms with Gasteiger partial charge >= 0.3 is 0 Å². The molecule has 0 spiro atoms.